The van der Waals surface area contributed by atoms with Crippen LogP contribution in [0.15, 0.2) is 36.4 Å². The van der Waals surface area contributed by atoms with Gasteiger partial charge in [0.2, 0.25) is 0 Å². The highest BCUT2D eigenvalue weighted by molar-refractivity contribution is 6.31. The molecule has 0 saturated carbocycles. The van der Waals surface area contributed by atoms with Gasteiger partial charge in [-0.2, -0.15) is 5.10 Å². The number of esters is 1. The SMILES string of the molecule is CNC(=O)NC(=O)COC(=O)/C=C/c1c(C)nn(Cc2ccccc2)c1Cl. The number of aromatic nitrogens is 2. The maximum atomic E-state index is 11.7. The number of benzene rings is 1. The number of urea groups is 1. The number of amides is 3. The zero-order valence-corrected chi connectivity index (χ0v) is 15.6. The normalized spacial score (nSPS) is 10.6. The fourth-order valence-corrected chi connectivity index (χ4v) is 2.48. The van der Waals surface area contributed by atoms with E-state index >= 15 is 0 Å². The minimum atomic E-state index is -0.742. The minimum absolute atomic E-state index is 0.387. The first-order chi connectivity index (χ1) is 12.9. The highest BCUT2D eigenvalue weighted by Gasteiger charge is 2.13. The van der Waals surface area contributed by atoms with E-state index in [9.17, 15) is 14.4 Å². The molecule has 0 unspecified atom stereocenters. The average molecular weight is 391 g/mol. The number of nitrogens with zero attached hydrogens (tertiary/aromatic N) is 2. The van der Waals surface area contributed by atoms with Crippen LogP contribution in [0.1, 0.15) is 16.8 Å². The quantitative estimate of drug-likeness (QED) is 0.579. The van der Waals surface area contributed by atoms with E-state index in [-0.39, 0.29) is 0 Å². The lowest BCUT2D eigenvalue weighted by Crippen LogP contribution is -2.39. The van der Waals surface area contributed by atoms with Crippen molar-refractivity contribution in [1.82, 2.24) is 20.4 Å². The van der Waals surface area contributed by atoms with Crippen LogP contribution in [-0.2, 0) is 20.9 Å². The molecule has 0 spiro atoms. The van der Waals surface area contributed by atoms with Gasteiger partial charge < -0.3 is 10.1 Å². The van der Waals surface area contributed by atoms with Crippen LogP contribution in [0, 0.1) is 6.92 Å². The smallest absolute Gasteiger partial charge is 0.331 e. The van der Waals surface area contributed by atoms with Crippen LogP contribution in [-0.4, -0.2) is 41.3 Å². The van der Waals surface area contributed by atoms with Gasteiger partial charge in [-0.3, -0.25) is 10.1 Å². The van der Waals surface area contributed by atoms with Crippen molar-refractivity contribution in [3.05, 3.63) is 58.4 Å². The molecule has 9 heteroatoms. The summed E-state index contributed by atoms with van der Waals surface area (Å²) in [6.07, 6.45) is 2.63. The highest BCUT2D eigenvalue weighted by atomic mass is 35.5. The second-order valence-corrected chi connectivity index (χ2v) is 5.86. The lowest BCUT2D eigenvalue weighted by Gasteiger charge is -2.03. The Hall–Kier alpha value is -3.13. The Kier molecular flexibility index (Phi) is 7.13. The fraction of sp³-hybridized carbons (Fsp3) is 0.222. The van der Waals surface area contributed by atoms with Crippen molar-refractivity contribution in [2.75, 3.05) is 13.7 Å². The topological polar surface area (TPSA) is 102 Å². The molecule has 0 fully saturated rings. The summed E-state index contributed by atoms with van der Waals surface area (Å²) in [6, 6.07) is 9.02. The van der Waals surface area contributed by atoms with Crippen molar-refractivity contribution in [1.29, 1.82) is 0 Å². The Balaban J connectivity index is 1.97. The molecule has 0 bridgehead atoms. The molecule has 3 amide bonds. The van der Waals surface area contributed by atoms with E-state index in [4.69, 9.17) is 16.3 Å². The number of rotatable bonds is 6. The van der Waals surface area contributed by atoms with Gasteiger partial charge in [0.1, 0.15) is 5.15 Å². The van der Waals surface area contributed by atoms with E-state index in [1.165, 1.54) is 13.1 Å². The zero-order valence-electron chi connectivity index (χ0n) is 14.9. The molecule has 2 aromatic rings. The summed E-state index contributed by atoms with van der Waals surface area (Å²) in [5.41, 5.74) is 2.27. The molecule has 0 saturated heterocycles. The number of carbonyl (C=O) groups is 3. The van der Waals surface area contributed by atoms with E-state index in [1.54, 1.807) is 11.6 Å². The van der Waals surface area contributed by atoms with Crippen molar-refractivity contribution in [2.45, 2.75) is 13.5 Å². The molecule has 0 aliphatic heterocycles. The number of aryl methyl sites for hydroxylation is 1. The van der Waals surface area contributed by atoms with Crippen LogP contribution in [0.3, 0.4) is 0 Å². The van der Waals surface area contributed by atoms with Crippen LogP contribution in [0.25, 0.3) is 6.08 Å². The number of ether oxygens (including phenoxy) is 1. The standard InChI is InChI=1S/C18H19ClN4O4/c1-12-14(8-9-16(25)27-11-15(24)21-18(26)20-2)17(19)23(22-12)10-13-6-4-3-5-7-13/h3-9H,10-11H2,1-2H3,(H2,20,21,24,26)/b9-8+. The van der Waals surface area contributed by atoms with E-state index in [0.29, 0.717) is 23.0 Å². The van der Waals surface area contributed by atoms with E-state index in [0.717, 1.165) is 11.6 Å². The number of imide groups is 1. The second kappa shape index (κ2) is 9.54. The van der Waals surface area contributed by atoms with Crippen LogP contribution < -0.4 is 10.6 Å². The Labute approximate surface area is 161 Å². The molecule has 0 radical (unpaired) electrons. The zero-order chi connectivity index (χ0) is 19.8. The third-order valence-corrected chi connectivity index (χ3v) is 3.89. The molecule has 0 atom stereocenters. The van der Waals surface area contributed by atoms with Crippen LogP contribution in [0.4, 0.5) is 4.79 Å². The van der Waals surface area contributed by atoms with Crippen molar-refractivity contribution < 1.29 is 19.1 Å². The lowest BCUT2D eigenvalue weighted by atomic mass is 10.2. The number of hydrogen-bond donors (Lipinski definition) is 2. The van der Waals surface area contributed by atoms with Crippen molar-refractivity contribution in [3.8, 4) is 0 Å². The van der Waals surface area contributed by atoms with Crippen molar-refractivity contribution in [2.24, 2.45) is 0 Å². The van der Waals surface area contributed by atoms with Gasteiger partial charge in [-0.1, -0.05) is 41.9 Å². The summed E-state index contributed by atoms with van der Waals surface area (Å²) in [5.74, 6) is -1.48. The molecule has 27 heavy (non-hydrogen) atoms. The molecule has 0 aliphatic rings. The molecular formula is C18H19ClN4O4. The first kappa shape index (κ1) is 20.2. The molecular weight excluding hydrogens is 372 g/mol. The Morgan fingerprint density at radius 1 is 1.26 bits per heavy atom. The van der Waals surface area contributed by atoms with Gasteiger partial charge in [0.05, 0.1) is 12.2 Å². The van der Waals surface area contributed by atoms with Crippen LogP contribution in [0.5, 0.6) is 0 Å². The van der Waals surface area contributed by atoms with Gasteiger partial charge in [0.15, 0.2) is 6.61 Å². The fourth-order valence-electron chi connectivity index (χ4n) is 2.18. The molecule has 8 nitrogen and oxygen atoms in total. The Bertz CT molecular complexity index is 862. The van der Waals surface area contributed by atoms with Crippen molar-refractivity contribution >= 4 is 35.6 Å². The Morgan fingerprint density at radius 3 is 2.63 bits per heavy atom. The minimum Gasteiger partial charge on any atom is -0.452 e. The molecule has 1 aromatic heterocycles. The third kappa shape index (κ3) is 5.96. The summed E-state index contributed by atoms with van der Waals surface area (Å²) < 4.78 is 6.40. The summed E-state index contributed by atoms with van der Waals surface area (Å²) in [7, 11) is 1.36. The first-order valence-electron chi connectivity index (χ1n) is 8.04. The Morgan fingerprint density at radius 2 is 1.96 bits per heavy atom. The molecule has 142 valence electrons. The summed E-state index contributed by atoms with van der Waals surface area (Å²) in [6.45, 7) is 1.70. The van der Waals surface area contributed by atoms with Gasteiger partial charge in [-0.25, -0.2) is 14.3 Å². The number of nitrogens with one attached hydrogen (secondary N) is 2. The maximum Gasteiger partial charge on any atom is 0.331 e. The van der Waals surface area contributed by atoms with Crippen LogP contribution in [0.2, 0.25) is 5.15 Å². The first-order valence-corrected chi connectivity index (χ1v) is 8.41. The summed E-state index contributed by atoms with van der Waals surface area (Å²) >= 11 is 6.35. The number of hydrogen-bond acceptors (Lipinski definition) is 5. The maximum absolute atomic E-state index is 11.7. The molecule has 2 N–H and O–H groups in total. The van der Waals surface area contributed by atoms with E-state index in [1.807, 2.05) is 35.6 Å². The third-order valence-electron chi connectivity index (χ3n) is 3.50. The van der Waals surface area contributed by atoms with Gasteiger partial charge in [-0.15, -0.1) is 0 Å². The molecule has 1 aromatic carbocycles. The average Bonchev–Trinajstić information content (AvgIpc) is 2.92. The predicted molar refractivity (Wildman–Crippen MR) is 100 cm³/mol. The molecule has 2 rings (SSSR count). The van der Waals surface area contributed by atoms with Gasteiger partial charge in [0, 0.05) is 18.7 Å². The highest BCUT2D eigenvalue weighted by Crippen LogP contribution is 2.22. The van der Waals surface area contributed by atoms with Gasteiger partial charge >= 0.3 is 12.0 Å². The number of carbonyl (C=O) groups excluding carboxylic acids is 3. The van der Waals surface area contributed by atoms with Gasteiger partial charge in [0.25, 0.3) is 5.91 Å². The van der Waals surface area contributed by atoms with E-state index < -0.39 is 24.5 Å². The predicted octanol–water partition coefficient (Wildman–Crippen LogP) is 1.91. The number of halogens is 1. The lowest BCUT2D eigenvalue weighted by molar-refractivity contribution is -0.143. The molecule has 1 heterocycles. The largest absolute Gasteiger partial charge is 0.452 e. The summed E-state index contributed by atoms with van der Waals surface area (Å²) in [4.78, 5) is 34.1. The molecule has 0 aliphatic carbocycles. The van der Waals surface area contributed by atoms with Crippen LogP contribution >= 0.6 is 11.6 Å². The monoisotopic (exact) mass is 390 g/mol. The van der Waals surface area contributed by atoms with Crippen molar-refractivity contribution in [3.63, 3.8) is 0 Å². The summed E-state index contributed by atoms with van der Waals surface area (Å²) in [5, 5.41) is 8.95. The second-order valence-electron chi connectivity index (χ2n) is 5.50. The van der Waals surface area contributed by atoms with Gasteiger partial charge in [-0.05, 0) is 18.6 Å². The van der Waals surface area contributed by atoms with E-state index in [2.05, 4.69) is 10.4 Å².